The van der Waals surface area contributed by atoms with Crippen LogP contribution in [0.5, 0.6) is 0 Å². The fourth-order valence-corrected chi connectivity index (χ4v) is 7.44. The molecule has 0 amide bonds. The summed E-state index contributed by atoms with van der Waals surface area (Å²) < 4.78 is 0. The van der Waals surface area contributed by atoms with E-state index in [0.717, 1.165) is 38.5 Å². The average molecular weight is 701 g/mol. The average Bonchev–Trinajstić information content (AvgIpc) is 3.63. The molecule has 0 saturated carbocycles. The Balaban J connectivity index is 0.00000133. The van der Waals surface area contributed by atoms with E-state index in [1.54, 1.807) is 11.1 Å². The molecule has 2 aliphatic carbocycles. The summed E-state index contributed by atoms with van der Waals surface area (Å²) in [5, 5.41) is 0. The molecule has 2 aliphatic rings. The summed E-state index contributed by atoms with van der Waals surface area (Å²) in [7, 11) is 0. The number of hydrogen-bond donors (Lipinski definition) is 0. The summed E-state index contributed by atoms with van der Waals surface area (Å²) in [4.78, 5) is 0. The summed E-state index contributed by atoms with van der Waals surface area (Å²) >= 11 is 0. The maximum absolute atomic E-state index is 2.43. The Morgan fingerprint density at radius 1 is 0.378 bits per heavy atom. The Labute approximate surface area is 298 Å². The maximum atomic E-state index is 2.43. The quantitative estimate of drug-likeness (QED) is 0.238. The third-order valence-electron chi connectivity index (χ3n) is 9.44. The molecule has 6 aromatic carbocycles. The topological polar surface area (TPSA) is 0 Å². The van der Waals surface area contributed by atoms with Crippen molar-refractivity contribution in [2.75, 3.05) is 0 Å². The SMILES string of the molecule is [Cl-].[Cl-].[Zr+2].c1ccc(Cc2ccc(CCc3ccc(Cc4ccccc4)c4c3Cc3ccccc3-4)c3c2-c2ccccc2C3)cc1. The van der Waals surface area contributed by atoms with Crippen molar-refractivity contribution in [3.63, 3.8) is 0 Å². The molecular formula is C42H34Cl2Zr. The molecule has 0 saturated heterocycles. The predicted molar refractivity (Wildman–Crippen MR) is 175 cm³/mol. The van der Waals surface area contributed by atoms with Gasteiger partial charge in [-0.05, 0) is 116 Å². The van der Waals surface area contributed by atoms with Gasteiger partial charge in [-0.2, -0.15) is 0 Å². The van der Waals surface area contributed by atoms with Crippen molar-refractivity contribution in [3.05, 3.63) is 189 Å². The van der Waals surface area contributed by atoms with Gasteiger partial charge < -0.3 is 24.8 Å². The molecule has 0 heterocycles. The van der Waals surface area contributed by atoms with Gasteiger partial charge in [0.1, 0.15) is 0 Å². The molecule has 3 heteroatoms. The van der Waals surface area contributed by atoms with Crippen molar-refractivity contribution in [2.24, 2.45) is 0 Å². The van der Waals surface area contributed by atoms with Gasteiger partial charge in [0.05, 0.1) is 0 Å². The molecule has 0 N–H and O–H groups in total. The molecule has 0 unspecified atom stereocenters. The van der Waals surface area contributed by atoms with Crippen LogP contribution in [0, 0.1) is 0 Å². The molecule has 45 heavy (non-hydrogen) atoms. The van der Waals surface area contributed by atoms with Crippen LogP contribution in [0.15, 0.2) is 133 Å². The molecule has 0 aromatic heterocycles. The minimum atomic E-state index is 0. The standard InChI is InChI=1S/C42H34.2ClH.Zr/c1-3-11-29(12-4-1)25-35-23-21-31(39-27-33-15-7-9-17-37(33)41(35)39)19-20-32-22-24-36(26-30-13-5-2-6-14-30)42-38-18-10-8-16-34(38)28-40(32)42;;;/h1-18,21-24H,19-20,25-28H2;2*1H;/q;;;+2/p-2. The summed E-state index contributed by atoms with van der Waals surface area (Å²) in [5.41, 5.74) is 20.5. The van der Waals surface area contributed by atoms with Crippen LogP contribution < -0.4 is 24.8 Å². The van der Waals surface area contributed by atoms with Gasteiger partial charge in [0.2, 0.25) is 0 Å². The molecule has 0 fully saturated rings. The molecule has 220 valence electrons. The van der Waals surface area contributed by atoms with E-state index < -0.39 is 0 Å². The minimum Gasteiger partial charge on any atom is -1.00 e. The number of hydrogen-bond acceptors (Lipinski definition) is 0. The monoisotopic (exact) mass is 698 g/mol. The zero-order valence-corrected chi connectivity index (χ0v) is 29.2. The fraction of sp³-hybridized carbons (Fsp3) is 0.143. The van der Waals surface area contributed by atoms with Crippen molar-refractivity contribution in [1.29, 1.82) is 0 Å². The second-order valence-corrected chi connectivity index (χ2v) is 12.0. The van der Waals surface area contributed by atoms with Gasteiger partial charge in [0.25, 0.3) is 0 Å². The maximum Gasteiger partial charge on any atom is 2.00 e. The molecule has 6 aromatic rings. The molecule has 0 nitrogen and oxygen atoms in total. The van der Waals surface area contributed by atoms with E-state index in [9.17, 15) is 0 Å². The van der Waals surface area contributed by atoms with E-state index >= 15 is 0 Å². The number of rotatable bonds is 7. The van der Waals surface area contributed by atoms with Gasteiger partial charge in [0.15, 0.2) is 0 Å². The number of fused-ring (bicyclic) bond motifs is 6. The van der Waals surface area contributed by atoms with Crippen molar-refractivity contribution < 1.29 is 51.0 Å². The van der Waals surface area contributed by atoms with Crippen LogP contribution >= 0.6 is 0 Å². The Morgan fingerprint density at radius 3 is 1.16 bits per heavy atom. The van der Waals surface area contributed by atoms with Gasteiger partial charge in [-0.15, -0.1) is 0 Å². The largest absolute Gasteiger partial charge is 2.00 e. The molecule has 0 bridgehead atoms. The van der Waals surface area contributed by atoms with Crippen LogP contribution in [0.4, 0.5) is 0 Å². The zero-order valence-electron chi connectivity index (χ0n) is 25.2. The van der Waals surface area contributed by atoms with Gasteiger partial charge in [-0.1, -0.05) is 133 Å². The first-order valence-electron chi connectivity index (χ1n) is 15.3. The smallest absolute Gasteiger partial charge is 1.00 e. The predicted octanol–water partition coefficient (Wildman–Crippen LogP) is 3.80. The Hall–Kier alpha value is -3.22. The number of halogens is 2. The zero-order chi connectivity index (χ0) is 27.9. The van der Waals surface area contributed by atoms with Crippen molar-refractivity contribution in [2.45, 2.75) is 38.5 Å². The van der Waals surface area contributed by atoms with E-state index in [4.69, 9.17) is 0 Å². The minimum absolute atomic E-state index is 0. The number of benzene rings is 6. The van der Waals surface area contributed by atoms with Crippen molar-refractivity contribution in [1.82, 2.24) is 0 Å². The normalized spacial score (nSPS) is 11.6. The van der Waals surface area contributed by atoms with Crippen LogP contribution in [-0.2, 0) is 64.7 Å². The van der Waals surface area contributed by atoms with E-state index in [0.29, 0.717) is 0 Å². The summed E-state index contributed by atoms with van der Waals surface area (Å²) in [6.45, 7) is 0. The van der Waals surface area contributed by atoms with Crippen LogP contribution in [0.25, 0.3) is 22.3 Å². The van der Waals surface area contributed by atoms with Crippen LogP contribution in [0.2, 0.25) is 0 Å². The molecular weight excluding hydrogens is 667 g/mol. The number of aryl methyl sites for hydroxylation is 2. The first kappa shape index (κ1) is 33.2. The fourth-order valence-electron chi connectivity index (χ4n) is 7.44. The summed E-state index contributed by atoms with van der Waals surface area (Å²) in [6, 6.07) is 49.6. The third-order valence-corrected chi connectivity index (χ3v) is 9.44. The molecule has 8 rings (SSSR count). The van der Waals surface area contributed by atoms with E-state index in [1.807, 2.05) is 0 Å². The van der Waals surface area contributed by atoms with E-state index in [2.05, 4.69) is 133 Å². The van der Waals surface area contributed by atoms with Gasteiger partial charge in [-0.3, -0.25) is 0 Å². The summed E-state index contributed by atoms with van der Waals surface area (Å²) in [5.74, 6) is 0. The Bertz CT molecular complexity index is 1790. The molecule has 0 aliphatic heterocycles. The second kappa shape index (κ2) is 14.5. The first-order chi connectivity index (χ1) is 20.8. The molecule has 0 atom stereocenters. The van der Waals surface area contributed by atoms with Crippen LogP contribution in [-0.4, -0.2) is 0 Å². The van der Waals surface area contributed by atoms with Gasteiger partial charge in [-0.25, -0.2) is 0 Å². The van der Waals surface area contributed by atoms with Crippen molar-refractivity contribution >= 4 is 0 Å². The second-order valence-electron chi connectivity index (χ2n) is 12.0. The third kappa shape index (κ3) is 6.42. The van der Waals surface area contributed by atoms with Gasteiger partial charge >= 0.3 is 26.2 Å². The Morgan fingerprint density at radius 2 is 0.733 bits per heavy atom. The summed E-state index contributed by atoms with van der Waals surface area (Å²) in [6.07, 6.45) is 6.19. The molecule has 0 spiro atoms. The molecule has 0 radical (unpaired) electrons. The van der Waals surface area contributed by atoms with Crippen molar-refractivity contribution in [3.8, 4) is 22.3 Å². The van der Waals surface area contributed by atoms with Crippen LogP contribution in [0.1, 0.15) is 55.6 Å². The van der Waals surface area contributed by atoms with Crippen LogP contribution in [0.3, 0.4) is 0 Å². The first-order valence-corrected chi connectivity index (χ1v) is 15.3. The van der Waals surface area contributed by atoms with Gasteiger partial charge in [0, 0.05) is 0 Å². The van der Waals surface area contributed by atoms with E-state index in [1.165, 1.54) is 66.8 Å². The van der Waals surface area contributed by atoms with E-state index in [-0.39, 0.29) is 51.0 Å². The Kier molecular flexibility index (Phi) is 10.7.